The maximum Gasteiger partial charge on any atom is 0.197 e. The molecule has 6 heteroatoms. The maximum atomic E-state index is 13.0. The van der Waals surface area contributed by atoms with E-state index in [9.17, 15) is 9.59 Å². The lowest BCUT2D eigenvalue weighted by atomic mass is 10.0. The molecule has 0 saturated carbocycles. The molecule has 3 aromatic carbocycles. The van der Waals surface area contributed by atoms with Gasteiger partial charge >= 0.3 is 0 Å². The summed E-state index contributed by atoms with van der Waals surface area (Å²) >= 11 is 3.01. The van der Waals surface area contributed by atoms with Gasteiger partial charge in [0, 0.05) is 16.5 Å². The van der Waals surface area contributed by atoms with Crippen LogP contribution in [0.25, 0.3) is 48.0 Å². The molecule has 3 aromatic heterocycles. The van der Waals surface area contributed by atoms with Gasteiger partial charge in [-0.05, 0) is 47.2 Å². The number of furan rings is 1. The second-order valence-corrected chi connectivity index (χ2v) is 10.0. The van der Waals surface area contributed by atoms with Gasteiger partial charge in [0.05, 0.1) is 15.2 Å². The Morgan fingerprint density at radius 1 is 0.758 bits per heavy atom. The third kappa shape index (κ3) is 2.85. The monoisotopic (exact) mass is 463 g/mol. The van der Waals surface area contributed by atoms with Crippen molar-refractivity contribution in [2.75, 3.05) is 0 Å². The number of aromatic nitrogens is 1. The first-order valence-electron chi connectivity index (χ1n) is 10.4. The summed E-state index contributed by atoms with van der Waals surface area (Å²) < 4.78 is 6.98. The molecule has 3 heterocycles. The van der Waals surface area contributed by atoms with Crippen molar-refractivity contribution in [2.24, 2.45) is 0 Å². The number of thiophene rings is 1. The zero-order chi connectivity index (χ0) is 22.1. The summed E-state index contributed by atoms with van der Waals surface area (Å²) in [4.78, 5) is 32.6. The molecule has 7 rings (SSSR count). The number of Topliss-reactive ketones (excluding diaryl/α,β-unsaturated/α-hetero) is 2. The third-order valence-corrected chi connectivity index (χ3v) is 8.03. The van der Waals surface area contributed by atoms with E-state index in [4.69, 9.17) is 4.42 Å². The van der Waals surface area contributed by atoms with Crippen LogP contribution in [0.15, 0.2) is 82.8 Å². The highest BCUT2D eigenvalue weighted by atomic mass is 32.1. The van der Waals surface area contributed by atoms with Crippen molar-refractivity contribution in [1.82, 2.24) is 4.98 Å². The Hall–Kier alpha value is -3.87. The number of fused-ring (bicyclic) bond motifs is 4. The SMILES string of the molecule is O=C1C(=Cc2nc3sc(-c4cc5ccccc5o4)cc3s2)C(=O)c2cc3ccccc3cc21. The second kappa shape index (κ2) is 6.81. The van der Waals surface area contributed by atoms with E-state index in [0.29, 0.717) is 16.1 Å². The van der Waals surface area contributed by atoms with E-state index in [1.807, 2.05) is 66.7 Å². The molecule has 0 unspecified atom stereocenters. The van der Waals surface area contributed by atoms with Gasteiger partial charge in [0.2, 0.25) is 0 Å². The molecule has 0 saturated heterocycles. The van der Waals surface area contributed by atoms with E-state index < -0.39 is 0 Å². The number of para-hydroxylation sites is 1. The molecule has 0 radical (unpaired) electrons. The van der Waals surface area contributed by atoms with Gasteiger partial charge in [0.15, 0.2) is 11.6 Å². The number of allylic oxidation sites excluding steroid dienone is 1. The molecular weight excluding hydrogens is 450 g/mol. The lowest BCUT2D eigenvalue weighted by Crippen LogP contribution is -1.99. The van der Waals surface area contributed by atoms with Gasteiger partial charge in [-0.25, -0.2) is 4.98 Å². The fourth-order valence-corrected chi connectivity index (χ4v) is 6.42. The van der Waals surface area contributed by atoms with Crippen LogP contribution in [0.4, 0.5) is 0 Å². The van der Waals surface area contributed by atoms with Gasteiger partial charge in [-0.15, -0.1) is 22.7 Å². The number of nitrogens with zero attached hydrogens (tertiary/aromatic N) is 1. The van der Waals surface area contributed by atoms with Gasteiger partial charge in [-0.3, -0.25) is 9.59 Å². The van der Waals surface area contributed by atoms with Gasteiger partial charge in [-0.1, -0.05) is 42.5 Å². The molecule has 1 aliphatic rings. The zero-order valence-electron chi connectivity index (χ0n) is 17.0. The topological polar surface area (TPSA) is 60.2 Å². The van der Waals surface area contributed by atoms with Crippen molar-refractivity contribution in [3.8, 4) is 10.6 Å². The number of thiazole rings is 1. The van der Waals surface area contributed by atoms with Crippen LogP contribution in [-0.4, -0.2) is 16.6 Å². The summed E-state index contributed by atoms with van der Waals surface area (Å²) in [5.74, 6) is 0.347. The summed E-state index contributed by atoms with van der Waals surface area (Å²) in [6.07, 6.45) is 1.63. The van der Waals surface area contributed by atoms with Crippen LogP contribution in [-0.2, 0) is 0 Å². The number of carbonyl (C=O) groups excluding carboxylic acids is 2. The predicted molar refractivity (Wildman–Crippen MR) is 133 cm³/mol. The maximum absolute atomic E-state index is 13.0. The van der Waals surface area contributed by atoms with E-state index in [0.717, 1.165) is 41.9 Å². The molecule has 0 aliphatic heterocycles. The Balaban J connectivity index is 1.26. The molecule has 0 amide bonds. The predicted octanol–water partition coefficient (Wildman–Crippen LogP) is 7.39. The largest absolute Gasteiger partial charge is 0.455 e. The van der Waals surface area contributed by atoms with Crippen molar-refractivity contribution in [1.29, 1.82) is 0 Å². The van der Waals surface area contributed by atoms with Crippen molar-refractivity contribution in [2.45, 2.75) is 0 Å². The molecule has 4 nitrogen and oxygen atoms in total. The summed E-state index contributed by atoms with van der Waals surface area (Å²) in [6.45, 7) is 0. The number of hydrogen-bond donors (Lipinski definition) is 0. The van der Waals surface area contributed by atoms with Gasteiger partial charge in [0.25, 0.3) is 0 Å². The lowest BCUT2D eigenvalue weighted by Gasteiger charge is -2.00. The number of carbonyl (C=O) groups is 2. The summed E-state index contributed by atoms with van der Waals surface area (Å²) in [6, 6.07) is 23.4. The minimum atomic E-state index is -0.234. The van der Waals surface area contributed by atoms with E-state index >= 15 is 0 Å². The van der Waals surface area contributed by atoms with Crippen LogP contribution < -0.4 is 0 Å². The number of rotatable bonds is 2. The molecule has 1 aliphatic carbocycles. The Morgan fingerprint density at radius 2 is 1.42 bits per heavy atom. The Morgan fingerprint density at radius 3 is 2.09 bits per heavy atom. The fourth-order valence-electron chi connectivity index (χ4n) is 4.30. The molecule has 0 fully saturated rings. The normalized spacial score (nSPS) is 13.5. The van der Waals surface area contributed by atoms with Gasteiger partial charge < -0.3 is 4.42 Å². The number of hydrogen-bond acceptors (Lipinski definition) is 6. The standard InChI is InChI=1S/C27H13NO3S2/c29-25-17-9-14-5-1-2-6-15(14)10-18(17)26(30)19(25)12-24-28-27-23(32-24)13-22(33-27)21-11-16-7-3-4-8-20(16)31-21/h1-13H. The summed E-state index contributed by atoms with van der Waals surface area (Å²) in [5, 5.41) is 3.62. The average Bonchev–Trinajstić information content (AvgIpc) is 3.57. The first-order chi connectivity index (χ1) is 16.1. The summed E-state index contributed by atoms with van der Waals surface area (Å²) in [5.41, 5.74) is 1.97. The van der Waals surface area contributed by atoms with Gasteiger partial charge in [-0.2, -0.15) is 0 Å². The van der Waals surface area contributed by atoms with Crippen LogP contribution in [0.2, 0.25) is 0 Å². The van der Waals surface area contributed by atoms with E-state index in [2.05, 4.69) is 11.1 Å². The van der Waals surface area contributed by atoms with E-state index in [-0.39, 0.29) is 17.1 Å². The zero-order valence-corrected chi connectivity index (χ0v) is 18.6. The minimum Gasteiger partial charge on any atom is -0.455 e. The molecule has 0 atom stereocenters. The van der Waals surface area contributed by atoms with E-state index in [1.54, 1.807) is 17.4 Å². The Labute approximate surface area is 195 Å². The molecule has 0 spiro atoms. The Kier molecular flexibility index (Phi) is 3.86. The van der Waals surface area contributed by atoms with Gasteiger partial charge in [0.1, 0.15) is 21.2 Å². The van der Waals surface area contributed by atoms with Crippen LogP contribution in [0.5, 0.6) is 0 Å². The molecule has 0 bridgehead atoms. The summed E-state index contributed by atoms with van der Waals surface area (Å²) in [7, 11) is 0. The second-order valence-electron chi connectivity index (χ2n) is 7.94. The molecule has 6 aromatic rings. The van der Waals surface area contributed by atoms with E-state index in [1.165, 1.54) is 11.3 Å². The quantitative estimate of drug-likeness (QED) is 0.198. The highest BCUT2D eigenvalue weighted by Gasteiger charge is 2.33. The van der Waals surface area contributed by atoms with Crippen LogP contribution in [0.1, 0.15) is 25.7 Å². The fraction of sp³-hybridized carbons (Fsp3) is 0. The number of benzene rings is 3. The van der Waals surface area contributed by atoms with Crippen LogP contribution >= 0.6 is 22.7 Å². The smallest absolute Gasteiger partial charge is 0.197 e. The lowest BCUT2D eigenvalue weighted by molar-refractivity contribution is 0.0990. The minimum absolute atomic E-state index is 0.180. The molecule has 33 heavy (non-hydrogen) atoms. The third-order valence-electron chi connectivity index (χ3n) is 5.91. The first-order valence-corrected chi connectivity index (χ1v) is 12.0. The highest BCUT2D eigenvalue weighted by Crippen LogP contribution is 2.39. The first kappa shape index (κ1) is 18.7. The van der Waals surface area contributed by atoms with Crippen molar-refractivity contribution in [3.05, 3.63) is 94.5 Å². The van der Waals surface area contributed by atoms with Crippen LogP contribution in [0.3, 0.4) is 0 Å². The molecule has 0 N–H and O–H groups in total. The molecular formula is C27H13NO3S2. The van der Waals surface area contributed by atoms with Crippen molar-refractivity contribution in [3.63, 3.8) is 0 Å². The average molecular weight is 464 g/mol. The van der Waals surface area contributed by atoms with Crippen molar-refractivity contribution < 1.29 is 14.0 Å². The van der Waals surface area contributed by atoms with Crippen LogP contribution in [0, 0.1) is 0 Å². The molecule has 156 valence electrons. The number of ketones is 2. The highest BCUT2D eigenvalue weighted by molar-refractivity contribution is 7.29. The van der Waals surface area contributed by atoms with Crippen molar-refractivity contribution >= 4 is 71.6 Å². The Bertz CT molecular complexity index is 1690.